The lowest BCUT2D eigenvalue weighted by Gasteiger charge is -2.08. The van der Waals surface area contributed by atoms with Crippen molar-refractivity contribution in [2.45, 2.75) is 26.7 Å². The molecule has 0 atom stereocenters. The summed E-state index contributed by atoms with van der Waals surface area (Å²) in [5.41, 5.74) is 2.53. The molecule has 0 saturated carbocycles. The smallest absolute Gasteiger partial charge is 0.338 e. The SMILES string of the molecule is CCOC(=O)c1ccc(C)c(CCC(=O)OC)c1. The van der Waals surface area contributed by atoms with Crippen molar-refractivity contribution >= 4 is 11.9 Å². The highest BCUT2D eigenvalue weighted by molar-refractivity contribution is 5.89. The van der Waals surface area contributed by atoms with Crippen LogP contribution in [-0.2, 0) is 20.7 Å². The number of carbonyl (C=O) groups is 2. The van der Waals surface area contributed by atoms with Crippen LogP contribution in [0.25, 0.3) is 0 Å². The van der Waals surface area contributed by atoms with E-state index in [1.165, 1.54) is 7.11 Å². The van der Waals surface area contributed by atoms with Gasteiger partial charge in [0.15, 0.2) is 0 Å². The summed E-state index contributed by atoms with van der Waals surface area (Å²) in [6.45, 7) is 4.07. The van der Waals surface area contributed by atoms with E-state index in [1.54, 1.807) is 19.1 Å². The van der Waals surface area contributed by atoms with Gasteiger partial charge in [-0.3, -0.25) is 4.79 Å². The lowest BCUT2D eigenvalue weighted by atomic mass is 10.0. The molecule has 0 unspecified atom stereocenters. The van der Waals surface area contributed by atoms with Crippen LogP contribution in [-0.4, -0.2) is 25.7 Å². The summed E-state index contributed by atoms with van der Waals surface area (Å²) in [4.78, 5) is 22.7. The van der Waals surface area contributed by atoms with Crippen molar-refractivity contribution < 1.29 is 19.1 Å². The number of benzene rings is 1. The summed E-state index contributed by atoms with van der Waals surface area (Å²) in [5.74, 6) is -0.590. The fraction of sp³-hybridized carbons (Fsp3) is 0.429. The van der Waals surface area contributed by atoms with E-state index < -0.39 is 0 Å². The van der Waals surface area contributed by atoms with Crippen molar-refractivity contribution in [2.24, 2.45) is 0 Å². The van der Waals surface area contributed by atoms with Crippen LogP contribution in [0.4, 0.5) is 0 Å². The average molecular weight is 250 g/mol. The van der Waals surface area contributed by atoms with Gasteiger partial charge in [0.25, 0.3) is 0 Å². The molecular weight excluding hydrogens is 232 g/mol. The fourth-order valence-electron chi connectivity index (χ4n) is 1.62. The van der Waals surface area contributed by atoms with Gasteiger partial charge in [-0.1, -0.05) is 6.07 Å². The Morgan fingerprint density at radius 2 is 2.00 bits per heavy atom. The second-order valence-electron chi connectivity index (χ2n) is 3.94. The zero-order valence-corrected chi connectivity index (χ0v) is 11.0. The zero-order chi connectivity index (χ0) is 13.5. The highest BCUT2D eigenvalue weighted by Crippen LogP contribution is 2.14. The maximum absolute atomic E-state index is 11.6. The Bertz CT molecular complexity index is 437. The molecule has 0 saturated heterocycles. The first kappa shape index (κ1) is 14.2. The Morgan fingerprint density at radius 1 is 1.28 bits per heavy atom. The Balaban J connectivity index is 2.81. The van der Waals surface area contributed by atoms with E-state index in [0.29, 0.717) is 25.0 Å². The molecule has 0 bridgehead atoms. The molecule has 0 amide bonds. The van der Waals surface area contributed by atoms with Crippen LogP contribution >= 0.6 is 0 Å². The Kier molecular flexibility index (Phi) is 5.36. The van der Waals surface area contributed by atoms with E-state index in [1.807, 2.05) is 13.0 Å². The number of aryl methyl sites for hydroxylation is 2. The van der Waals surface area contributed by atoms with E-state index in [2.05, 4.69) is 4.74 Å². The third-order valence-electron chi connectivity index (χ3n) is 2.69. The highest BCUT2D eigenvalue weighted by Gasteiger charge is 2.10. The van der Waals surface area contributed by atoms with Gasteiger partial charge in [-0.2, -0.15) is 0 Å². The minimum atomic E-state index is -0.336. The van der Waals surface area contributed by atoms with E-state index in [-0.39, 0.29) is 11.9 Å². The Morgan fingerprint density at radius 3 is 2.61 bits per heavy atom. The second-order valence-corrected chi connectivity index (χ2v) is 3.94. The lowest BCUT2D eigenvalue weighted by molar-refractivity contribution is -0.140. The summed E-state index contributed by atoms with van der Waals surface area (Å²) in [7, 11) is 1.37. The molecule has 0 fully saturated rings. The van der Waals surface area contributed by atoms with E-state index in [0.717, 1.165) is 11.1 Å². The van der Waals surface area contributed by atoms with E-state index in [9.17, 15) is 9.59 Å². The van der Waals surface area contributed by atoms with Gasteiger partial charge in [-0.25, -0.2) is 4.79 Å². The summed E-state index contributed by atoms with van der Waals surface area (Å²) < 4.78 is 9.54. The van der Waals surface area contributed by atoms with Crippen molar-refractivity contribution in [1.82, 2.24) is 0 Å². The number of carbonyl (C=O) groups excluding carboxylic acids is 2. The monoisotopic (exact) mass is 250 g/mol. The van der Waals surface area contributed by atoms with Gasteiger partial charge in [0.1, 0.15) is 0 Å². The predicted octanol–water partition coefficient (Wildman–Crippen LogP) is 2.28. The van der Waals surface area contributed by atoms with Crippen molar-refractivity contribution in [3.05, 3.63) is 34.9 Å². The number of methoxy groups -OCH3 is 1. The third-order valence-corrected chi connectivity index (χ3v) is 2.69. The Labute approximate surface area is 107 Å². The Hall–Kier alpha value is -1.84. The first-order chi connectivity index (χ1) is 8.58. The largest absolute Gasteiger partial charge is 0.469 e. The molecule has 1 aromatic carbocycles. The summed E-state index contributed by atoms with van der Waals surface area (Å²) in [6.07, 6.45) is 0.870. The molecule has 1 aromatic rings. The minimum Gasteiger partial charge on any atom is -0.469 e. The molecule has 0 aliphatic rings. The van der Waals surface area contributed by atoms with Gasteiger partial charge in [0.2, 0.25) is 0 Å². The predicted molar refractivity (Wildman–Crippen MR) is 67.5 cm³/mol. The number of rotatable bonds is 5. The van der Waals surface area contributed by atoms with Gasteiger partial charge in [0.05, 0.1) is 19.3 Å². The zero-order valence-electron chi connectivity index (χ0n) is 11.0. The molecule has 0 radical (unpaired) electrons. The van der Waals surface area contributed by atoms with Crippen molar-refractivity contribution in [1.29, 1.82) is 0 Å². The summed E-state index contributed by atoms with van der Waals surface area (Å²) in [6, 6.07) is 5.37. The van der Waals surface area contributed by atoms with Crippen LogP contribution in [0.3, 0.4) is 0 Å². The van der Waals surface area contributed by atoms with Crippen molar-refractivity contribution in [3.63, 3.8) is 0 Å². The molecule has 0 aliphatic heterocycles. The van der Waals surface area contributed by atoms with Crippen LogP contribution in [0.5, 0.6) is 0 Å². The molecule has 0 spiro atoms. The molecule has 4 heteroatoms. The summed E-state index contributed by atoms with van der Waals surface area (Å²) in [5, 5.41) is 0. The molecule has 98 valence electrons. The van der Waals surface area contributed by atoms with Crippen molar-refractivity contribution in [2.75, 3.05) is 13.7 Å². The minimum absolute atomic E-state index is 0.254. The van der Waals surface area contributed by atoms with Gasteiger partial charge in [0, 0.05) is 6.42 Å². The number of hydrogen-bond acceptors (Lipinski definition) is 4. The number of ether oxygens (including phenoxy) is 2. The fourth-order valence-corrected chi connectivity index (χ4v) is 1.62. The normalized spacial score (nSPS) is 9.94. The average Bonchev–Trinajstić information content (AvgIpc) is 2.37. The highest BCUT2D eigenvalue weighted by atomic mass is 16.5. The molecule has 4 nitrogen and oxygen atoms in total. The lowest BCUT2D eigenvalue weighted by Crippen LogP contribution is -2.07. The maximum atomic E-state index is 11.6. The first-order valence-electron chi connectivity index (χ1n) is 5.92. The first-order valence-corrected chi connectivity index (χ1v) is 5.92. The van der Waals surface area contributed by atoms with E-state index >= 15 is 0 Å². The molecule has 0 N–H and O–H groups in total. The van der Waals surface area contributed by atoms with Gasteiger partial charge in [-0.05, 0) is 43.5 Å². The molecule has 0 aromatic heterocycles. The second kappa shape index (κ2) is 6.79. The standard InChI is InChI=1S/C14H18O4/c1-4-18-14(16)12-6-5-10(2)11(9-12)7-8-13(15)17-3/h5-6,9H,4,7-8H2,1-3H3. The van der Waals surface area contributed by atoms with E-state index in [4.69, 9.17) is 4.74 Å². The molecule has 18 heavy (non-hydrogen) atoms. The molecule has 0 aliphatic carbocycles. The van der Waals surface area contributed by atoms with Crippen LogP contribution < -0.4 is 0 Å². The van der Waals surface area contributed by atoms with Crippen LogP contribution in [0, 0.1) is 6.92 Å². The van der Waals surface area contributed by atoms with Crippen LogP contribution in [0.15, 0.2) is 18.2 Å². The van der Waals surface area contributed by atoms with Crippen molar-refractivity contribution in [3.8, 4) is 0 Å². The molecular formula is C14H18O4. The topological polar surface area (TPSA) is 52.6 Å². The summed E-state index contributed by atoms with van der Waals surface area (Å²) >= 11 is 0. The van der Waals surface area contributed by atoms with Crippen LogP contribution in [0.1, 0.15) is 34.8 Å². The molecule has 1 rings (SSSR count). The number of hydrogen-bond donors (Lipinski definition) is 0. The number of esters is 2. The van der Waals surface area contributed by atoms with Crippen LogP contribution in [0.2, 0.25) is 0 Å². The van der Waals surface area contributed by atoms with Gasteiger partial charge < -0.3 is 9.47 Å². The van der Waals surface area contributed by atoms with Gasteiger partial charge >= 0.3 is 11.9 Å². The third kappa shape index (κ3) is 3.87. The van der Waals surface area contributed by atoms with Gasteiger partial charge in [-0.15, -0.1) is 0 Å². The molecule has 0 heterocycles. The maximum Gasteiger partial charge on any atom is 0.338 e. The quantitative estimate of drug-likeness (QED) is 0.752.